The third-order valence-corrected chi connectivity index (χ3v) is 2.78. The average Bonchev–Trinajstić information content (AvgIpc) is 2.11. The lowest BCUT2D eigenvalue weighted by molar-refractivity contribution is 0.432. The van der Waals surface area contributed by atoms with E-state index in [2.05, 4.69) is 0 Å². The van der Waals surface area contributed by atoms with Gasteiger partial charge in [-0.05, 0) is 7.05 Å². The fraction of sp³-hybridized carbons (Fsp3) is 0.667. The van der Waals surface area contributed by atoms with Crippen LogP contribution in [-0.4, -0.2) is 39.7 Å². The largest absolute Gasteiger partial charge is 0.298 e. The minimum atomic E-state index is -2.92. The molecule has 0 saturated carbocycles. The van der Waals surface area contributed by atoms with Crippen LogP contribution in [0.5, 0.6) is 0 Å². The second-order valence-corrected chi connectivity index (χ2v) is 4.71. The Hall–Kier alpha value is -0.350. The van der Waals surface area contributed by atoms with Gasteiger partial charge in [0.1, 0.15) is 0 Å². The molecule has 58 valence electrons. The first kappa shape index (κ1) is 7.75. The molecule has 0 aromatic heterocycles. The van der Waals surface area contributed by atoms with Crippen molar-refractivity contribution in [3.63, 3.8) is 0 Å². The van der Waals surface area contributed by atoms with Gasteiger partial charge in [-0.1, -0.05) is 6.08 Å². The van der Waals surface area contributed by atoms with E-state index < -0.39 is 9.84 Å². The van der Waals surface area contributed by atoms with Gasteiger partial charge in [-0.2, -0.15) is 0 Å². The molecule has 0 amide bonds. The molecule has 1 aliphatic rings. The third-order valence-electron chi connectivity index (χ3n) is 1.53. The number of rotatable bonds is 1. The Morgan fingerprint density at radius 3 is 2.40 bits per heavy atom. The minimum Gasteiger partial charge on any atom is -0.298 e. The molecule has 0 fully saturated rings. The quantitative estimate of drug-likeness (QED) is 0.537. The Morgan fingerprint density at radius 1 is 1.60 bits per heavy atom. The monoisotopic (exact) mass is 161 g/mol. The van der Waals surface area contributed by atoms with Gasteiger partial charge in [0.05, 0.1) is 4.91 Å². The summed E-state index contributed by atoms with van der Waals surface area (Å²) in [6.07, 6.45) is 3.01. The molecule has 0 atom stereocenters. The predicted octanol–water partition coefficient (Wildman–Crippen LogP) is -0.140. The summed E-state index contributed by atoms with van der Waals surface area (Å²) in [5, 5.41) is 0. The van der Waals surface area contributed by atoms with Crippen LogP contribution in [0.2, 0.25) is 0 Å². The third kappa shape index (κ3) is 1.58. The van der Waals surface area contributed by atoms with Gasteiger partial charge in [-0.25, -0.2) is 8.42 Å². The van der Waals surface area contributed by atoms with Crippen LogP contribution in [0.3, 0.4) is 0 Å². The van der Waals surface area contributed by atoms with E-state index in [-0.39, 0.29) is 0 Å². The second kappa shape index (κ2) is 2.36. The molecule has 0 N–H and O–H groups in total. The highest BCUT2D eigenvalue weighted by molar-refractivity contribution is 7.94. The molecule has 1 aliphatic heterocycles. The molecule has 0 unspecified atom stereocenters. The molecule has 0 aromatic rings. The van der Waals surface area contributed by atoms with Gasteiger partial charge in [0, 0.05) is 19.3 Å². The molecule has 3 nitrogen and oxygen atoms in total. The molecule has 0 spiro atoms. The minimum absolute atomic E-state index is 0.551. The fourth-order valence-electron chi connectivity index (χ4n) is 0.921. The average molecular weight is 161 g/mol. The molecular formula is C6H11NO2S. The van der Waals surface area contributed by atoms with E-state index in [0.717, 1.165) is 6.54 Å². The van der Waals surface area contributed by atoms with Crippen LogP contribution in [0.1, 0.15) is 0 Å². The lowest BCUT2D eigenvalue weighted by atomic mass is 10.6. The van der Waals surface area contributed by atoms with E-state index in [1.807, 2.05) is 11.9 Å². The van der Waals surface area contributed by atoms with Gasteiger partial charge in [0.25, 0.3) is 0 Å². The highest BCUT2D eigenvalue weighted by atomic mass is 32.2. The summed E-state index contributed by atoms with van der Waals surface area (Å²) in [5.41, 5.74) is 0. The Morgan fingerprint density at radius 2 is 2.20 bits per heavy atom. The Bertz CT molecular complexity index is 253. The van der Waals surface area contributed by atoms with Crippen molar-refractivity contribution in [3.8, 4) is 0 Å². The maximum Gasteiger partial charge on any atom is 0.172 e. The van der Waals surface area contributed by atoms with Crippen molar-refractivity contribution in [1.29, 1.82) is 0 Å². The van der Waals surface area contributed by atoms with E-state index >= 15 is 0 Å². The summed E-state index contributed by atoms with van der Waals surface area (Å²) < 4.78 is 21.8. The van der Waals surface area contributed by atoms with Crippen molar-refractivity contribution in [2.75, 3.05) is 26.4 Å². The number of hydrogen-bond acceptors (Lipinski definition) is 3. The van der Waals surface area contributed by atoms with E-state index in [1.54, 1.807) is 6.08 Å². The maximum absolute atomic E-state index is 10.9. The van der Waals surface area contributed by atoms with Crippen molar-refractivity contribution in [2.45, 2.75) is 0 Å². The van der Waals surface area contributed by atoms with Crippen LogP contribution in [0.15, 0.2) is 11.0 Å². The smallest absolute Gasteiger partial charge is 0.172 e. The lowest BCUT2D eigenvalue weighted by Crippen LogP contribution is -2.16. The molecule has 1 heterocycles. The standard InChI is InChI=1S/C6H11NO2S/c1-7-4-3-6(5-7)10(2,8)9/h3H,4-5H2,1-2H3. The summed E-state index contributed by atoms with van der Waals surface area (Å²) in [6.45, 7) is 1.32. The fourth-order valence-corrected chi connectivity index (χ4v) is 1.75. The normalized spacial score (nSPS) is 21.2. The highest BCUT2D eigenvalue weighted by Crippen LogP contribution is 2.11. The molecule has 0 bridgehead atoms. The predicted molar refractivity (Wildman–Crippen MR) is 40.4 cm³/mol. The van der Waals surface area contributed by atoms with Crippen LogP contribution < -0.4 is 0 Å². The van der Waals surface area contributed by atoms with Crippen LogP contribution in [0.4, 0.5) is 0 Å². The highest BCUT2D eigenvalue weighted by Gasteiger charge is 2.17. The van der Waals surface area contributed by atoms with Crippen LogP contribution in [0, 0.1) is 0 Å². The van der Waals surface area contributed by atoms with Crippen molar-refractivity contribution in [2.24, 2.45) is 0 Å². The van der Waals surface area contributed by atoms with Gasteiger partial charge < -0.3 is 0 Å². The molecule has 0 aliphatic carbocycles. The first-order chi connectivity index (χ1) is 4.50. The number of hydrogen-bond donors (Lipinski definition) is 0. The molecule has 10 heavy (non-hydrogen) atoms. The van der Waals surface area contributed by atoms with E-state index in [1.165, 1.54) is 6.26 Å². The summed E-state index contributed by atoms with van der Waals surface area (Å²) >= 11 is 0. The Kier molecular flexibility index (Phi) is 1.83. The van der Waals surface area contributed by atoms with Crippen molar-refractivity contribution < 1.29 is 8.42 Å². The first-order valence-corrected chi connectivity index (χ1v) is 4.97. The zero-order valence-electron chi connectivity index (χ0n) is 6.16. The van der Waals surface area contributed by atoms with Crippen molar-refractivity contribution in [1.82, 2.24) is 4.90 Å². The molecular weight excluding hydrogens is 150 g/mol. The van der Waals surface area contributed by atoms with Gasteiger partial charge in [0.2, 0.25) is 0 Å². The Balaban J connectivity index is 2.80. The maximum atomic E-state index is 10.9. The summed E-state index contributed by atoms with van der Waals surface area (Å²) in [5.74, 6) is 0. The summed E-state index contributed by atoms with van der Waals surface area (Å²) in [7, 11) is -1.02. The van der Waals surface area contributed by atoms with Gasteiger partial charge >= 0.3 is 0 Å². The van der Waals surface area contributed by atoms with E-state index in [9.17, 15) is 8.42 Å². The van der Waals surface area contributed by atoms with Gasteiger partial charge in [-0.15, -0.1) is 0 Å². The second-order valence-electron chi connectivity index (χ2n) is 2.64. The van der Waals surface area contributed by atoms with E-state index in [0.29, 0.717) is 11.4 Å². The van der Waals surface area contributed by atoms with Gasteiger partial charge in [-0.3, -0.25) is 4.90 Å². The summed E-state index contributed by atoms with van der Waals surface area (Å²) in [6, 6.07) is 0. The number of nitrogens with zero attached hydrogens (tertiary/aromatic N) is 1. The first-order valence-electron chi connectivity index (χ1n) is 3.08. The number of likely N-dealkylation sites (N-methyl/N-ethyl adjacent to an activating group) is 1. The molecule has 0 saturated heterocycles. The van der Waals surface area contributed by atoms with Crippen LogP contribution >= 0.6 is 0 Å². The van der Waals surface area contributed by atoms with E-state index in [4.69, 9.17) is 0 Å². The lowest BCUT2D eigenvalue weighted by Gasteiger charge is -2.05. The van der Waals surface area contributed by atoms with Crippen LogP contribution in [-0.2, 0) is 9.84 Å². The summed E-state index contributed by atoms with van der Waals surface area (Å²) in [4.78, 5) is 2.51. The number of sulfone groups is 1. The molecule has 1 rings (SSSR count). The SMILES string of the molecule is CN1CC=C(S(C)(=O)=O)C1. The van der Waals surface area contributed by atoms with Crippen molar-refractivity contribution in [3.05, 3.63) is 11.0 Å². The zero-order chi connectivity index (χ0) is 7.78. The zero-order valence-corrected chi connectivity index (χ0v) is 6.98. The molecule has 4 heteroatoms. The topological polar surface area (TPSA) is 37.4 Å². The van der Waals surface area contributed by atoms with Crippen LogP contribution in [0.25, 0.3) is 0 Å². The molecule has 0 radical (unpaired) electrons. The molecule has 0 aromatic carbocycles. The van der Waals surface area contributed by atoms with Gasteiger partial charge in [0.15, 0.2) is 9.84 Å². The Labute approximate surface area is 61.3 Å². The van der Waals surface area contributed by atoms with Crippen molar-refractivity contribution >= 4 is 9.84 Å².